The summed E-state index contributed by atoms with van der Waals surface area (Å²) in [6.45, 7) is 1.91. The van der Waals surface area contributed by atoms with E-state index in [1.807, 2.05) is 19.1 Å². The molecule has 0 amide bonds. The summed E-state index contributed by atoms with van der Waals surface area (Å²) < 4.78 is 2.18. The summed E-state index contributed by atoms with van der Waals surface area (Å²) >= 11 is 0. The van der Waals surface area contributed by atoms with Crippen LogP contribution in [0.3, 0.4) is 0 Å². The Morgan fingerprint density at radius 3 is 2.57 bits per heavy atom. The van der Waals surface area contributed by atoms with Crippen molar-refractivity contribution in [2.24, 2.45) is 7.05 Å². The summed E-state index contributed by atoms with van der Waals surface area (Å²) in [5, 5.41) is 10.8. The molecular formula is C19H18NO+. The molecule has 104 valence electrons. The molecule has 0 atom stereocenters. The van der Waals surface area contributed by atoms with Gasteiger partial charge in [-0.2, -0.15) is 4.57 Å². The van der Waals surface area contributed by atoms with E-state index in [4.69, 9.17) is 0 Å². The van der Waals surface area contributed by atoms with Crippen molar-refractivity contribution in [2.45, 2.75) is 6.92 Å². The number of hydrogen-bond acceptors (Lipinski definition) is 1. The highest BCUT2D eigenvalue weighted by Crippen LogP contribution is 2.18. The Morgan fingerprint density at radius 2 is 1.76 bits per heavy atom. The van der Waals surface area contributed by atoms with Crippen LogP contribution in [-0.2, 0) is 7.05 Å². The third-order valence-corrected chi connectivity index (χ3v) is 3.79. The fraction of sp³-hybridized carbons (Fsp3) is 0.105. The van der Waals surface area contributed by atoms with E-state index in [0.717, 1.165) is 16.8 Å². The van der Waals surface area contributed by atoms with Gasteiger partial charge < -0.3 is 5.11 Å². The summed E-state index contributed by atoms with van der Waals surface area (Å²) in [5.74, 6) is 0.336. The van der Waals surface area contributed by atoms with Crippen LogP contribution in [0, 0.1) is 6.92 Å². The molecule has 3 rings (SSSR count). The van der Waals surface area contributed by atoms with Gasteiger partial charge in [0.25, 0.3) is 0 Å². The maximum atomic E-state index is 9.56. The summed E-state index contributed by atoms with van der Waals surface area (Å²) in [6, 6.07) is 18.2. The van der Waals surface area contributed by atoms with Gasteiger partial charge in [-0.15, -0.1) is 0 Å². The number of fused-ring (bicyclic) bond motifs is 1. The van der Waals surface area contributed by atoms with Gasteiger partial charge in [0.15, 0.2) is 0 Å². The van der Waals surface area contributed by atoms with Crippen LogP contribution in [0.25, 0.3) is 23.1 Å². The van der Waals surface area contributed by atoms with Gasteiger partial charge in [-0.1, -0.05) is 18.2 Å². The maximum absolute atomic E-state index is 9.56. The Labute approximate surface area is 124 Å². The third kappa shape index (κ3) is 2.65. The Morgan fingerprint density at radius 1 is 0.952 bits per heavy atom. The number of aromatic nitrogens is 1. The highest BCUT2D eigenvalue weighted by Gasteiger charge is 2.08. The molecule has 1 aromatic heterocycles. The minimum atomic E-state index is 0.336. The minimum Gasteiger partial charge on any atom is -0.508 e. The molecule has 0 aliphatic carbocycles. The zero-order valence-corrected chi connectivity index (χ0v) is 12.2. The standard InChI is InChI=1S/C19H17NO/c1-14-13-15(8-12-19(14)21)7-10-17-11-9-16-5-3-4-6-18(16)20(17)2/h3-13H,1-2H3/p+1. The van der Waals surface area contributed by atoms with Crippen molar-refractivity contribution in [3.63, 3.8) is 0 Å². The number of rotatable bonds is 2. The van der Waals surface area contributed by atoms with Crippen molar-refractivity contribution >= 4 is 23.1 Å². The second-order valence-corrected chi connectivity index (χ2v) is 5.26. The smallest absolute Gasteiger partial charge is 0.212 e. The first-order valence-electron chi connectivity index (χ1n) is 7.00. The molecule has 0 aliphatic rings. The van der Waals surface area contributed by atoms with E-state index in [2.05, 4.69) is 60.2 Å². The third-order valence-electron chi connectivity index (χ3n) is 3.79. The van der Waals surface area contributed by atoms with Crippen molar-refractivity contribution < 1.29 is 9.67 Å². The topological polar surface area (TPSA) is 24.1 Å². The first-order valence-corrected chi connectivity index (χ1v) is 7.00. The molecule has 0 bridgehead atoms. The van der Waals surface area contributed by atoms with Crippen LogP contribution in [0.1, 0.15) is 16.8 Å². The lowest BCUT2D eigenvalue weighted by Gasteiger charge is -2.01. The number of aryl methyl sites for hydroxylation is 2. The Balaban J connectivity index is 1.99. The number of aromatic hydroxyl groups is 1. The predicted molar refractivity (Wildman–Crippen MR) is 86.9 cm³/mol. The van der Waals surface area contributed by atoms with E-state index in [1.165, 1.54) is 10.9 Å². The van der Waals surface area contributed by atoms with Crippen LogP contribution < -0.4 is 4.57 Å². The molecule has 0 aliphatic heterocycles. The molecule has 3 aromatic rings. The lowest BCUT2D eigenvalue weighted by molar-refractivity contribution is -0.646. The molecule has 2 heteroatoms. The number of hydrogen-bond donors (Lipinski definition) is 1. The van der Waals surface area contributed by atoms with Crippen molar-refractivity contribution in [3.8, 4) is 5.75 Å². The number of benzene rings is 2. The quantitative estimate of drug-likeness (QED) is 0.706. The average Bonchev–Trinajstić information content (AvgIpc) is 2.50. The van der Waals surface area contributed by atoms with E-state index in [0.29, 0.717) is 5.75 Å². The number of pyridine rings is 1. The first-order chi connectivity index (χ1) is 10.1. The monoisotopic (exact) mass is 276 g/mol. The van der Waals surface area contributed by atoms with E-state index < -0.39 is 0 Å². The zero-order chi connectivity index (χ0) is 14.8. The largest absolute Gasteiger partial charge is 0.508 e. The van der Waals surface area contributed by atoms with Gasteiger partial charge in [0.2, 0.25) is 11.2 Å². The van der Waals surface area contributed by atoms with Gasteiger partial charge in [-0.25, -0.2) is 0 Å². The van der Waals surface area contributed by atoms with Crippen LogP contribution in [0.15, 0.2) is 54.6 Å². The molecular weight excluding hydrogens is 258 g/mol. The SMILES string of the molecule is Cc1cc(C=Cc2ccc3ccccc3[n+]2C)ccc1O. The molecule has 0 spiro atoms. The molecule has 0 fully saturated rings. The lowest BCUT2D eigenvalue weighted by Crippen LogP contribution is -2.32. The van der Waals surface area contributed by atoms with Crippen molar-refractivity contribution in [2.75, 3.05) is 0 Å². The van der Waals surface area contributed by atoms with Gasteiger partial charge in [0.05, 0.1) is 0 Å². The molecule has 2 nitrogen and oxygen atoms in total. The minimum absolute atomic E-state index is 0.336. The molecule has 21 heavy (non-hydrogen) atoms. The highest BCUT2D eigenvalue weighted by molar-refractivity contribution is 5.77. The van der Waals surface area contributed by atoms with Crippen molar-refractivity contribution in [1.82, 2.24) is 0 Å². The molecule has 0 radical (unpaired) electrons. The average molecular weight is 276 g/mol. The second-order valence-electron chi connectivity index (χ2n) is 5.26. The normalized spacial score (nSPS) is 11.3. The molecule has 1 heterocycles. The van der Waals surface area contributed by atoms with Crippen LogP contribution >= 0.6 is 0 Å². The number of nitrogens with zero attached hydrogens (tertiary/aromatic N) is 1. The van der Waals surface area contributed by atoms with Crippen molar-refractivity contribution in [3.05, 3.63) is 71.4 Å². The van der Waals surface area contributed by atoms with E-state index in [9.17, 15) is 5.11 Å². The van der Waals surface area contributed by atoms with E-state index in [1.54, 1.807) is 6.07 Å². The fourth-order valence-corrected chi connectivity index (χ4v) is 2.49. The van der Waals surface area contributed by atoms with E-state index >= 15 is 0 Å². The Bertz CT molecular complexity index is 834. The number of phenols is 1. The molecule has 0 saturated carbocycles. The number of para-hydroxylation sites is 1. The fourth-order valence-electron chi connectivity index (χ4n) is 2.49. The predicted octanol–water partition coefficient (Wildman–Crippen LogP) is 3.85. The lowest BCUT2D eigenvalue weighted by atomic mass is 10.1. The van der Waals surface area contributed by atoms with Gasteiger partial charge in [-0.05, 0) is 48.4 Å². The Kier molecular flexibility index (Phi) is 3.44. The summed E-state index contributed by atoms with van der Waals surface area (Å²) in [7, 11) is 2.07. The van der Waals surface area contributed by atoms with Gasteiger partial charge >= 0.3 is 0 Å². The van der Waals surface area contributed by atoms with Crippen LogP contribution in [0.2, 0.25) is 0 Å². The van der Waals surface area contributed by atoms with Crippen LogP contribution in [-0.4, -0.2) is 5.11 Å². The summed E-state index contributed by atoms with van der Waals surface area (Å²) in [6.07, 6.45) is 4.16. The molecule has 2 aromatic carbocycles. The highest BCUT2D eigenvalue weighted by atomic mass is 16.3. The van der Waals surface area contributed by atoms with Gasteiger partial charge in [0, 0.05) is 23.6 Å². The zero-order valence-electron chi connectivity index (χ0n) is 12.2. The van der Waals surface area contributed by atoms with Gasteiger partial charge in [-0.3, -0.25) is 0 Å². The first kappa shape index (κ1) is 13.4. The summed E-state index contributed by atoms with van der Waals surface area (Å²) in [4.78, 5) is 0. The van der Waals surface area contributed by atoms with Crippen LogP contribution in [0.4, 0.5) is 0 Å². The van der Waals surface area contributed by atoms with Crippen molar-refractivity contribution in [1.29, 1.82) is 0 Å². The van der Waals surface area contributed by atoms with Gasteiger partial charge in [0.1, 0.15) is 12.8 Å². The number of phenolic OH excluding ortho intramolecular Hbond substituents is 1. The summed E-state index contributed by atoms with van der Waals surface area (Å²) in [5.41, 5.74) is 4.32. The molecule has 0 saturated heterocycles. The maximum Gasteiger partial charge on any atom is 0.212 e. The van der Waals surface area contributed by atoms with E-state index in [-0.39, 0.29) is 0 Å². The second kappa shape index (κ2) is 5.41. The molecule has 0 unspecified atom stereocenters. The van der Waals surface area contributed by atoms with Crippen LogP contribution in [0.5, 0.6) is 5.75 Å². The molecule has 1 N–H and O–H groups in total. The Hall–Kier alpha value is -2.61.